The third-order valence-corrected chi connectivity index (χ3v) is 2.29. The predicted molar refractivity (Wildman–Crippen MR) is 57.6 cm³/mol. The highest BCUT2D eigenvalue weighted by atomic mass is 16.5. The molecule has 0 saturated carbocycles. The van der Waals surface area contributed by atoms with Crippen molar-refractivity contribution in [2.45, 2.75) is 19.8 Å². The van der Waals surface area contributed by atoms with E-state index in [9.17, 15) is 9.59 Å². The zero-order valence-corrected chi connectivity index (χ0v) is 9.79. The molecule has 1 aromatic rings. The quantitative estimate of drug-likeness (QED) is 0.795. The van der Waals surface area contributed by atoms with Crippen LogP contribution in [0.15, 0.2) is 6.20 Å². The van der Waals surface area contributed by atoms with Gasteiger partial charge in [-0.05, 0) is 5.92 Å². The molecule has 0 unspecified atom stereocenters. The van der Waals surface area contributed by atoms with Gasteiger partial charge in [0.15, 0.2) is 0 Å². The normalized spacial score (nSPS) is 10.3. The molecular formula is C11H15NO4. The minimum absolute atomic E-state index is 0.0226. The van der Waals surface area contributed by atoms with Crippen LogP contribution in [-0.2, 0) is 9.47 Å². The van der Waals surface area contributed by atoms with Crippen molar-refractivity contribution in [2.75, 3.05) is 14.2 Å². The molecule has 0 amide bonds. The molecule has 1 N–H and O–H groups in total. The van der Waals surface area contributed by atoms with Crippen LogP contribution in [0.25, 0.3) is 0 Å². The number of H-pyrrole nitrogens is 1. The molecule has 0 aromatic carbocycles. The first-order chi connectivity index (χ1) is 7.52. The van der Waals surface area contributed by atoms with Gasteiger partial charge in [-0.1, -0.05) is 13.8 Å². The van der Waals surface area contributed by atoms with Crippen molar-refractivity contribution in [1.82, 2.24) is 4.98 Å². The minimum Gasteiger partial charge on any atom is -0.465 e. The summed E-state index contributed by atoms with van der Waals surface area (Å²) in [6.45, 7) is 3.78. The van der Waals surface area contributed by atoms with Crippen LogP contribution in [0.2, 0.25) is 0 Å². The Morgan fingerprint density at radius 2 is 1.75 bits per heavy atom. The zero-order valence-electron chi connectivity index (χ0n) is 9.79. The molecule has 1 rings (SSSR count). The molecule has 0 aliphatic heterocycles. The van der Waals surface area contributed by atoms with Crippen molar-refractivity contribution in [1.29, 1.82) is 0 Å². The summed E-state index contributed by atoms with van der Waals surface area (Å²) < 4.78 is 9.27. The summed E-state index contributed by atoms with van der Waals surface area (Å²) in [5, 5.41) is 0. The van der Waals surface area contributed by atoms with Gasteiger partial charge in [-0.15, -0.1) is 0 Å². The lowest BCUT2D eigenvalue weighted by atomic mass is 9.99. The van der Waals surface area contributed by atoms with Crippen molar-refractivity contribution in [3.63, 3.8) is 0 Å². The van der Waals surface area contributed by atoms with Gasteiger partial charge in [0.25, 0.3) is 0 Å². The number of hydrogen-bond acceptors (Lipinski definition) is 4. The maximum atomic E-state index is 11.5. The summed E-state index contributed by atoms with van der Waals surface area (Å²) in [6, 6.07) is 0. The Balaban J connectivity index is 3.27. The van der Waals surface area contributed by atoms with Gasteiger partial charge >= 0.3 is 11.9 Å². The molecular weight excluding hydrogens is 210 g/mol. The van der Waals surface area contributed by atoms with E-state index in [0.717, 1.165) is 0 Å². The van der Waals surface area contributed by atoms with Gasteiger partial charge in [0.05, 0.1) is 19.8 Å². The van der Waals surface area contributed by atoms with Crippen LogP contribution in [0.5, 0.6) is 0 Å². The van der Waals surface area contributed by atoms with Crippen LogP contribution in [0, 0.1) is 0 Å². The molecule has 0 aliphatic carbocycles. The Hall–Kier alpha value is -1.78. The van der Waals surface area contributed by atoms with Gasteiger partial charge in [0.1, 0.15) is 5.69 Å². The van der Waals surface area contributed by atoms with Crippen molar-refractivity contribution >= 4 is 11.9 Å². The lowest BCUT2D eigenvalue weighted by Gasteiger charge is -2.08. The number of hydrogen-bond donors (Lipinski definition) is 1. The molecule has 0 atom stereocenters. The lowest BCUT2D eigenvalue weighted by molar-refractivity contribution is 0.0593. The van der Waals surface area contributed by atoms with E-state index in [1.165, 1.54) is 20.4 Å². The SMILES string of the molecule is COC(=O)c1c[nH]c(C(=O)OC)c1C(C)C. The van der Waals surface area contributed by atoms with Crippen molar-refractivity contribution < 1.29 is 19.1 Å². The number of nitrogens with one attached hydrogen (secondary N) is 1. The highest BCUT2D eigenvalue weighted by Gasteiger charge is 2.24. The molecule has 0 radical (unpaired) electrons. The number of carbonyl (C=O) groups excluding carboxylic acids is 2. The number of carbonyl (C=O) groups is 2. The molecule has 0 spiro atoms. The highest BCUT2D eigenvalue weighted by Crippen LogP contribution is 2.24. The van der Waals surface area contributed by atoms with E-state index in [2.05, 4.69) is 14.5 Å². The summed E-state index contributed by atoms with van der Waals surface area (Å²) in [7, 11) is 2.60. The van der Waals surface area contributed by atoms with Crippen LogP contribution in [-0.4, -0.2) is 31.1 Å². The van der Waals surface area contributed by atoms with E-state index in [4.69, 9.17) is 0 Å². The minimum atomic E-state index is -0.487. The molecule has 0 fully saturated rings. The van der Waals surface area contributed by atoms with Gasteiger partial charge in [-0.25, -0.2) is 9.59 Å². The number of ether oxygens (including phenoxy) is 2. The predicted octanol–water partition coefficient (Wildman–Crippen LogP) is 1.71. The van der Waals surface area contributed by atoms with E-state index in [1.54, 1.807) is 0 Å². The van der Waals surface area contributed by atoms with Gasteiger partial charge in [-0.3, -0.25) is 0 Å². The zero-order chi connectivity index (χ0) is 12.3. The lowest BCUT2D eigenvalue weighted by Crippen LogP contribution is -2.09. The fourth-order valence-electron chi connectivity index (χ4n) is 1.58. The Morgan fingerprint density at radius 1 is 1.19 bits per heavy atom. The number of rotatable bonds is 3. The third kappa shape index (κ3) is 2.08. The summed E-state index contributed by atoms with van der Waals surface area (Å²) in [4.78, 5) is 25.7. The molecule has 16 heavy (non-hydrogen) atoms. The number of aromatic nitrogens is 1. The maximum absolute atomic E-state index is 11.5. The maximum Gasteiger partial charge on any atom is 0.354 e. The first kappa shape index (κ1) is 12.3. The van der Waals surface area contributed by atoms with Crippen LogP contribution >= 0.6 is 0 Å². The monoisotopic (exact) mass is 225 g/mol. The molecule has 0 aliphatic rings. The number of aromatic amines is 1. The van der Waals surface area contributed by atoms with E-state index < -0.39 is 11.9 Å². The summed E-state index contributed by atoms with van der Waals surface area (Å²) in [6.07, 6.45) is 1.47. The van der Waals surface area contributed by atoms with Gasteiger partial charge in [-0.2, -0.15) is 0 Å². The van der Waals surface area contributed by atoms with E-state index in [1.807, 2.05) is 13.8 Å². The first-order valence-corrected chi connectivity index (χ1v) is 4.90. The van der Waals surface area contributed by atoms with Crippen LogP contribution in [0.3, 0.4) is 0 Å². The van der Waals surface area contributed by atoms with Crippen LogP contribution < -0.4 is 0 Å². The first-order valence-electron chi connectivity index (χ1n) is 4.90. The largest absolute Gasteiger partial charge is 0.465 e. The van der Waals surface area contributed by atoms with Gasteiger partial charge < -0.3 is 14.5 Å². The summed E-state index contributed by atoms with van der Waals surface area (Å²) >= 11 is 0. The summed E-state index contributed by atoms with van der Waals surface area (Å²) in [5.41, 5.74) is 1.30. The molecule has 1 heterocycles. The van der Waals surface area contributed by atoms with Gasteiger partial charge in [0.2, 0.25) is 0 Å². The highest BCUT2D eigenvalue weighted by molar-refractivity contribution is 5.97. The second-order valence-corrected chi connectivity index (χ2v) is 3.63. The van der Waals surface area contributed by atoms with E-state index in [-0.39, 0.29) is 5.92 Å². The average Bonchev–Trinajstić information content (AvgIpc) is 2.71. The Morgan fingerprint density at radius 3 is 2.19 bits per heavy atom. The number of esters is 2. The second kappa shape index (κ2) is 4.83. The molecule has 5 nitrogen and oxygen atoms in total. The van der Waals surface area contributed by atoms with Gasteiger partial charge in [0, 0.05) is 11.8 Å². The molecule has 5 heteroatoms. The smallest absolute Gasteiger partial charge is 0.354 e. The van der Waals surface area contributed by atoms with E-state index >= 15 is 0 Å². The second-order valence-electron chi connectivity index (χ2n) is 3.63. The third-order valence-electron chi connectivity index (χ3n) is 2.29. The van der Waals surface area contributed by atoms with Crippen molar-refractivity contribution in [3.8, 4) is 0 Å². The molecule has 1 aromatic heterocycles. The number of methoxy groups -OCH3 is 2. The van der Waals surface area contributed by atoms with Crippen molar-refractivity contribution in [3.05, 3.63) is 23.0 Å². The molecule has 88 valence electrons. The van der Waals surface area contributed by atoms with Crippen LogP contribution in [0.1, 0.15) is 46.2 Å². The standard InChI is InChI=1S/C11H15NO4/c1-6(2)8-7(10(13)15-3)5-12-9(8)11(14)16-4/h5-6,12H,1-4H3. The van der Waals surface area contributed by atoms with Crippen LogP contribution in [0.4, 0.5) is 0 Å². The average molecular weight is 225 g/mol. The molecule has 0 bridgehead atoms. The Bertz CT molecular complexity index is 373. The fraction of sp³-hybridized carbons (Fsp3) is 0.455. The van der Waals surface area contributed by atoms with Crippen molar-refractivity contribution in [2.24, 2.45) is 0 Å². The van der Waals surface area contributed by atoms with E-state index in [0.29, 0.717) is 16.8 Å². The topological polar surface area (TPSA) is 68.4 Å². The fourth-order valence-corrected chi connectivity index (χ4v) is 1.58. The summed E-state index contributed by atoms with van der Waals surface area (Å²) in [5.74, 6) is -0.927. The Kier molecular flexibility index (Phi) is 3.71. The molecule has 0 saturated heterocycles. The Labute approximate surface area is 93.7 Å².